The molecule has 0 radical (unpaired) electrons. The van der Waals surface area contributed by atoms with Crippen molar-refractivity contribution in [3.05, 3.63) is 47.3 Å². The molecule has 0 aromatic carbocycles. The van der Waals surface area contributed by atoms with Gasteiger partial charge in [-0.05, 0) is 25.0 Å². The molecule has 0 amide bonds. The third-order valence-electron chi connectivity index (χ3n) is 2.73. The second-order valence-electron chi connectivity index (χ2n) is 4.18. The molecule has 94 valence electrons. The average Bonchev–Trinajstić information content (AvgIpc) is 2.77. The van der Waals surface area contributed by atoms with Crippen LogP contribution in [0.25, 0.3) is 0 Å². The summed E-state index contributed by atoms with van der Waals surface area (Å²) in [4.78, 5) is 19.1. The summed E-state index contributed by atoms with van der Waals surface area (Å²) in [6, 6.07) is 1.89. The van der Waals surface area contributed by atoms with Crippen molar-refractivity contribution in [2.75, 3.05) is 0 Å². The minimum atomic E-state index is 0.185. The van der Waals surface area contributed by atoms with Crippen molar-refractivity contribution in [1.82, 2.24) is 14.5 Å². The van der Waals surface area contributed by atoms with Gasteiger partial charge in [0, 0.05) is 30.7 Å². The number of aromatic nitrogens is 3. The van der Waals surface area contributed by atoms with Crippen LogP contribution in [0.1, 0.15) is 24.6 Å². The van der Waals surface area contributed by atoms with E-state index in [-0.39, 0.29) is 5.78 Å². The van der Waals surface area contributed by atoms with Gasteiger partial charge in [0.2, 0.25) is 0 Å². The molecule has 0 aliphatic heterocycles. The van der Waals surface area contributed by atoms with Crippen molar-refractivity contribution in [3.63, 3.8) is 0 Å². The van der Waals surface area contributed by atoms with E-state index < -0.39 is 0 Å². The molecule has 4 nitrogen and oxygen atoms in total. The molecule has 2 heterocycles. The number of hydrogen-bond donors (Lipinski definition) is 0. The van der Waals surface area contributed by atoms with Crippen LogP contribution in [0.15, 0.2) is 31.0 Å². The van der Waals surface area contributed by atoms with Crippen LogP contribution in [0.4, 0.5) is 0 Å². The van der Waals surface area contributed by atoms with E-state index in [1.807, 2.05) is 10.6 Å². The highest BCUT2D eigenvalue weighted by Gasteiger charge is 2.06. The molecule has 0 bridgehead atoms. The van der Waals surface area contributed by atoms with Gasteiger partial charge in [-0.15, -0.1) is 0 Å². The molecule has 2 rings (SSSR count). The van der Waals surface area contributed by atoms with Gasteiger partial charge < -0.3 is 9.36 Å². The Balaban J connectivity index is 2.12. The van der Waals surface area contributed by atoms with Crippen LogP contribution in [-0.4, -0.2) is 20.3 Å². The zero-order chi connectivity index (χ0) is 13.0. The highest BCUT2D eigenvalue weighted by atomic mass is 35.5. The van der Waals surface area contributed by atoms with Crippen LogP contribution in [0, 0.1) is 0 Å². The van der Waals surface area contributed by atoms with Crippen LogP contribution >= 0.6 is 11.6 Å². The van der Waals surface area contributed by atoms with E-state index in [9.17, 15) is 4.79 Å². The lowest BCUT2D eigenvalue weighted by atomic mass is 10.2. The Morgan fingerprint density at radius 3 is 2.94 bits per heavy atom. The van der Waals surface area contributed by atoms with E-state index in [1.54, 1.807) is 31.8 Å². The molecule has 0 saturated carbocycles. The molecular weight excluding hydrogens is 250 g/mol. The minimum absolute atomic E-state index is 0.185. The van der Waals surface area contributed by atoms with Crippen LogP contribution in [0.3, 0.4) is 0 Å². The van der Waals surface area contributed by atoms with Gasteiger partial charge in [0.05, 0.1) is 17.9 Å². The molecule has 0 spiro atoms. The van der Waals surface area contributed by atoms with E-state index in [0.29, 0.717) is 24.4 Å². The molecule has 2 aromatic heterocycles. The van der Waals surface area contributed by atoms with Crippen molar-refractivity contribution in [2.24, 2.45) is 0 Å². The number of nitrogens with zero attached hydrogens (tertiary/aromatic N) is 3. The van der Waals surface area contributed by atoms with Crippen molar-refractivity contribution >= 4 is 17.4 Å². The Labute approximate surface area is 111 Å². The normalized spacial score (nSPS) is 10.6. The maximum absolute atomic E-state index is 11.0. The minimum Gasteiger partial charge on any atom is -0.330 e. The maximum atomic E-state index is 11.0. The van der Waals surface area contributed by atoms with E-state index in [0.717, 1.165) is 11.3 Å². The summed E-state index contributed by atoms with van der Waals surface area (Å²) in [5.74, 6) is 0.185. The van der Waals surface area contributed by atoms with Crippen molar-refractivity contribution in [1.29, 1.82) is 0 Å². The molecule has 0 saturated heterocycles. The standard InChI is InChI=1S/C13H14ClN3O/c1-10(18)2-3-12-6-16-9-17(12)8-11-4-5-15-7-13(11)14/h4-7,9H,2-3,8H2,1H3. The third kappa shape index (κ3) is 3.17. The first-order chi connectivity index (χ1) is 8.66. The van der Waals surface area contributed by atoms with Gasteiger partial charge in [0.15, 0.2) is 0 Å². The van der Waals surface area contributed by atoms with Gasteiger partial charge in [0.1, 0.15) is 5.78 Å². The van der Waals surface area contributed by atoms with Gasteiger partial charge in [0.25, 0.3) is 0 Å². The molecular formula is C13H14ClN3O. The zero-order valence-electron chi connectivity index (χ0n) is 10.1. The Bertz CT molecular complexity index is 551. The predicted molar refractivity (Wildman–Crippen MR) is 69.6 cm³/mol. The number of rotatable bonds is 5. The highest BCUT2D eigenvalue weighted by Crippen LogP contribution is 2.16. The van der Waals surface area contributed by atoms with Crippen molar-refractivity contribution < 1.29 is 4.79 Å². The molecule has 0 aliphatic rings. The summed E-state index contributed by atoms with van der Waals surface area (Å²) in [5.41, 5.74) is 2.03. The maximum Gasteiger partial charge on any atom is 0.130 e. The highest BCUT2D eigenvalue weighted by molar-refractivity contribution is 6.31. The molecule has 2 aromatic rings. The number of hydrogen-bond acceptors (Lipinski definition) is 3. The number of aryl methyl sites for hydroxylation is 1. The molecule has 5 heteroatoms. The lowest BCUT2D eigenvalue weighted by molar-refractivity contribution is -0.117. The number of carbonyl (C=O) groups is 1. The van der Waals surface area contributed by atoms with Gasteiger partial charge in [-0.2, -0.15) is 0 Å². The summed E-state index contributed by atoms with van der Waals surface area (Å²) in [5, 5.41) is 0.642. The lowest BCUT2D eigenvalue weighted by Crippen LogP contribution is -2.05. The summed E-state index contributed by atoms with van der Waals surface area (Å²) in [6.07, 6.45) is 8.13. The van der Waals surface area contributed by atoms with Crippen LogP contribution in [-0.2, 0) is 17.8 Å². The number of carbonyl (C=O) groups excluding carboxylic acids is 1. The van der Waals surface area contributed by atoms with E-state index in [4.69, 9.17) is 11.6 Å². The monoisotopic (exact) mass is 263 g/mol. The second kappa shape index (κ2) is 5.78. The number of pyridine rings is 1. The van der Waals surface area contributed by atoms with E-state index >= 15 is 0 Å². The first kappa shape index (κ1) is 12.8. The first-order valence-electron chi connectivity index (χ1n) is 5.73. The molecule has 0 N–H and O–H groups in total. The fourth-order valence-corrected chi connectivity index (χ4v) is 1.90. The molecule has 18 heavy (non-hydrogen) atoms. The number of halogens is 1. The average molecular weight is 264 g/mol. The van der Waals surface area contributed by atoms with Crippen molar-refractivity contribution in [2.45, 2.75) is 26.3 Å². The molecule has 0 fully saturated rings. The Morgan fingerprint density at radius 2 is 2.22 bits per heavy atom. The number of Topliss-reactive ketones (excluding diaryl/α,β-unsaturated/α-hetero) is 1. The van der Waals surface area contributed by atoms with Crippen LogP contribution in [0.5, 0.6) is 0 Å². The largest absolute Gasteiger partial charge is 0.330 e. The Kier molecular flexibility index (Phi) is 4.10. The second-order valence-corrected chi connectivity index (χ2v) is 4.59. The topological polar surface area (TPSA) is 47.8 Å². The first-order valence-corrected chi connectivity index (χ1v) is 6.11. The summed E-state index contributed by atoms with van der Waals surface area (Å²) < 4.78 is 2.00. The van der Waals surface area contributed by atoms with Crippen LogP contribution in [0.2, 0.25) is 5.02 Å². The van der Waals surface area contributed by atoms with Gasteiger partial charge in [-0.3, -0.25) is 4.98 Å². The molecule has 0 aliphatic carbocycles. The van der Waals surface area contributed by atoms with E-state index in [1.165, 1.54) is 0 Å². The summed E-state index contributed by atoms with van der Waals surface area (Å²) in [7, 11) is 0. The number of ketones is 1. The summed E-state index contributed by atoms with van der Waals surface area (Å²) in [6.45, 7) is 2.25. The Hall–Kier alpha value is -1.68. The van der Waals surface area contributed by atoms with Crippen LogP contribution < -0.4 is 0 Å². The van der Waals surface area contributed by atoms with Gasteiger partial charge >= 0.3 is 0 Å². The quantitative estimate of drug-likeness (QED) is 0.833. The molecule has 0 atom stereocenters. The smallest absolute Gasteiger partial charge is 0.130 e. The van der Waals surface area contributed by atoms with Crippen molar-refractivity contribution in [3.8, 4) is 0 Å². The molecule has 0 unspecified atom stereocenters. The lowest BCUT2D eigenvalue weighted by Gasteiger charge is -2.08. The number of imidazole rings is 1. The Morgan fingerprint density at radius 1 is 1.39 bits per heavy atom. The predicted octanol–water partition coefficient (Wildman–Crippen LogP) is 2.50. The fraction of sp³-hybridized carbons (Fsp3) is 0.308. The fourth-order valence-electron chi connectivity index (χ4n) is 1.72. The zero-order valence-corrected chi connectivity index (χ0v) is 10.9. The third-order valence-corrected chi connectivity index (χ3v) is 3.07. The van der Waals surface area contributed by atoms with Gasteiger partial charge in [-0.25, -0.2) is 4.98 Å². The summed E-state index contributed by atoms with van der Waals surface area (Å²) >= 11 is 6.07. The van der Waals surface area contributed by atoms with E-state index in [2.05, 4.69) is 9.97 Å². The van der Waals surface area contributed by atoms with Gasteiger partial charge in [-0.1, -0.05) is 11.6 Å². The SMILES string of the molecule is CC(=O)CCc1cncn1Cc1ccncc1Cl.